The van der Waals surface area contributed by atoms with Gasteiger partial charge in [-0.05, 0) is 79.3 Å². The zero-order valence-electron chi connectivity index (χ0n) is 17.5. The highest BCUT2D eigenvalue weighted by Crippen LogP contribution is 2.31. The maximum Gasteiger partial charge on any atom is 0.157 e. The van der Waals surface area contributed by atoms with Gasteiger partial charge in [-0.15, -0.1) is 0 Å². The summed E-state index contributed by atoms with van der Waals surface area (Å²) in [6.45, 7) is 7.93. The molecule has 2 aromatic rings. The number of phenolic OH excluding ortho intramolecular Hbond substituents is 3. The lowest BCUT2D eigenvalue weighted by Crippen LogP contribution is -2.02. The van der Waals surface area contributed by atoms with Gasteiger partial charge in [-0.2, -0.15) is 0 Å². The van der Waals surface area contributed by atoms with E-state index in [0.717, 1.165) is 29.5 Å². The summed E-state index contributed by atoms with van der Waals surface area (Å²) in [4.78, 5) is 0. The molecule has 2 aromatic carbocycles. The molecule has 0 aliphatic heterocycles. The molecular formula is C25H29NO4. The highest BCUT2D eigenvalue weighted by atomic mass is 16.5. The van der Waals surface area contributed by atoms with Gasteiger partial charge >= 0.3 is 0 Å². The van der Waals surface area contributed by atoms with E-state index in [-0.39, 0.29) is 17.2 Å². The van der Waals surface area contributed by atoms with Crippen LogP contribution in [0, 0.1) is 12.3 Å². The molecule has 30 heavy (non-hydrogen) atoms. The number of hydrogen-bond acceptors (Lipinski definition) is 5. The average molecular weight is 408 g/mol. The molecule has 0 unspecified atom stereocenters. The lowest BCUT2D eigenvalue weighted by molar-refractivity contribution is 0.307. The summed E-state index contributed by atoms with van der Waals surface area (Å²) >= 11 is 0. The first kappa shape index (κ1) is 22.8. The van der Waals surface area contributed by atoms with E-state index in [0.29, 0.717) is 30.1 Å². The molecule has 0 radical (unpaired) electrons. The molecule has 158 valence electrons. The first-order valence-corrected chi connectivity index (χ1v) is 9.91. The lowest BCUT2D eigenvalue weighted by atomic mass is 10.00. The molecule has 4 N–H and O–H groups in total. The molecule has 0 bridgehead atoms. The van der Waals surface area contributed by atoms with Gasteiger partial charge in [0.05, 0.1) is 12.3 Å². The molecule has 0 amide bonds. The Hall–Kier alpha value is -3.47. The normalized spacial score (nSPS) is 11.3. The van der Waals surface area contributed by atoms with Gasteiger partial charge in [-0.1, -0.05) is 25.7 Å². The maximum atomic E-state index is 10.3. The monoisotopic (exact) mass is 407 g/mol. The average Bonchev–Trinajstić information content (AvgIpc) is 2.72. The topological polar surface area (TPSA) is 93.8 Å². The highest BCUT2D eigenvalue weighted by Gasteiger charge is 2.09. The van der Waals surface area contributed by atoms with Crippen LogP contribution in [-0.4, -0.2) is 27.6 Å². The van der Waals surface area contributed by atoms with Crippen LogP contribution in [0.25, 0.3) is 6.08 Å². The quantitative estimate of drug-likeness (QED) is 0.182. The van der Waals surface area contributed by atoms with Gasteiger partial charge in [-0.25, -0.2) is 0 Å². The van der Waals surface area contributed by atoms with Gasteiger partial charge < -0.3 is 25.5 Å². The van der Waals surface area contributed by atoms with Crippen LogP contribution in [0.5, 0.6) is 23.0 Å². The van der Waals surface area contributed by atoms with Crippen LogP contribution < -0.4 is 4.74 Å². The van der Waals surface area contributed by atoms with Crippen LogP contribution >= 0.6 is 0 Å². The van der Waals surface area contributed by atoms with E-state index in [1.165, 1.54) is 0 Å². The Morgan fingerprint density at radius 3 is 2.40 bits per heavy atom. The highest BCUT2D eigenvalue weighted by molar-refractivity contribution is 6.04. The SMILES string of the molecule is C=C/C=C\C(=N)/C=C/c1cc(C)c(OCCCc2cc(O)c(O)cc2CC)cc1O. The molecule has 0 aromatic heterocycles. The molecule has 0 saturated heterocycles. The zero-order chi connectivity index (χ0) is 22.1. The summed E-state index contributed by atoms with van der Waals surface area (Å²) in [7, 11) is 0. The first-order chi connectivity index (χ1) is 14.3. The largest absolute Gasteiger partial charge is 0.507 e. The molecule has 0 heterocycles. The van der Waals surface area contributed by atoms with E-state index in [2.05, 4.69) is 6.58 Å². The number of phenols is 3. The summed E-state index contributed by atoms with van der Waals surface area (Å²) in [5.74, 6) is 0.485. The van der Waals surface area contributed by atoms with Gasteiger partial charge in [0.25, 0.3) is 0 Å². The molecule has 0 spiro atoms. The van der Waals surface area contributed by atoms with Crippen LogP contribution in [-0.2, 0) is 12.8 Å². The molecule has 5 nitrogen and oxygen atoms in total. The van der Waals surface area contributed by atoms with E-state index < -0.39 is 0 Å². The van der Waals surface area contributed by atoms with Crippen molar-refractivity contribution in [1.29, 1.82) is 5.41 Å². The van der Waals surface area contributed by atoms with Gasteiger partial charge in [-0.3, -0.25) is 0 Å². The Bertz CT molecular complexity index is 974. The summed E-state index contributed by atoms with van der Waals surface area (Å²) < 4.78 is 5.84. The summed E-state index contributed by atoms with van der Waals surface area (Å²) in [6.07, 6.45) is 10.4. The minimum atomic E-state index is -0.111. The molecule has 0 atom stereocenters. The minimum absolute atomic E-state index is 0.0871. The van der Waals surface area contributed by atoms with Crippen molar-refractivity contribution >= 4 is 11.8 Å². The van der Waals surface area contributed by atoms with Crippen molar-refractivity contribution in [1.82, 2.24) is 0 Å². The van der Waals surface area contributed by atoms with Crippen LogP contribution in [0.4, 0.5) is 0 Å². The number of ether oxygens (including phenoxy) is 1. The van der Waals surface area contributed by atoms with Gasteiger partial charge in [0, 0.05) is 11.6 Å². The summed E-state index contributed by atoms with van der Waals surface area (Å²) in [5, 5.41) is 37.4. The number of rotatable bonds is 10. The van der Waals surface area contributed by atoms with Crippen LogP contribution in [0.1, 0.15) is 35.6 Å². The molecule has 0 aliphatic rings. The smallest absolute Gasteiger partial charge is 0.157 e. The number of hydrogen-bond donors (Lipinski definition) is 4. The third-order valence-corrected chi connectivity index (χ3v) is 4.70. The van der Waals surface area contributed by atoms with Crippen molar-refractivity contribution in [2.24, 2.45) is 0 Å². The molecule has 0 saturated carbocycles. The molecule has 0 aliphatic carbocycles. The van der Waals surface area contributed by atoms with Crippen LogP contribution in [0.3, 0.4) is 0 Å². The number of nitrogens with one attached hydrogen (secondary N) is 1. The van der Waals surface area contributed by atoms with E-state index >= 15 is 0 Å². The molecule has 0 fully saturated rings. The van der Waals surface area contributed by atoms with Crippen molar-refractivity contribution in [3.05, 3.63) is 77.4 Å². The number of aryl methyl sites for hydroxylation is 3. The van der Waals surface area contributed by atoms with Crippen LogP contribution in [0.2, 0.25) is 0 Å². The van der Waals surface area contributed by atoms with Gasteiger partial charge in [0.1, 0.15) is 11.5 Å². The molecule has 2 rings (SSSR count). The third-order valence-electron chi connectivity index (χ3n) is 4.70. The third kappa shape index (κ3) is 6.27. The zero-order valence-corrected chi connectivity index (χ0v) is 17.5. The fourth-order valence-corrected chi connectivity index (χ4v) is 3.07. The van der Waals surface area contributed by atoms with Crippen molar-refractivity contribution in [2.45, 2.75) is 33.1 Å². The van der Waals surface area contributed by atoms with Crippen molar-refractivity contribution in [3.63, 3.8) is 0 Å². The minimum Gasteiger partial charge on any atom is -0.507 e. The Morgan fingerprint density at radius 2 is 1.73 bits per heavy atom. The van der Waals surface area contributed by atoms with E-state index in [1.54, 1.807) is 48.6 Å². The number of allylic oxidation sites excluding steroid dienone is 4. The van der Waals surface area contributed by atoms with Gasteiger partial charge in [0.15, 0.2) is 11.5 Å². The lowest BCUT2D eigenvalue weighted by Gasteiger charge is -2.13. The molecular weight excluding hydrogens is 378 g/mol. The summed E-state index contributed by atoms with van der Waals surface area (Å²) in [5.41, 5.74) is 3.80. The Kier molecular flexibility index (Phi) is 8.29. The maximum absolute atomic E-state index is 10.3. The van der Waals surface area contributed by atoms with E-state index in [4.69, 9.17) is 10.1 Å². The predicted octanol–water partition coefficient (Wildman–Crippen LogP) is 5.46. The molecule has 5 heteroatoms. The van der Waals surface area contributed by atoms with Crippen molar-refractivity contribution in [2.75, 3.05) is 6.61 Å². The number of aromatic hydroxyl groups is 3. The van der Waals surface area contributed by atoms with Crippen LogP contribution in [0.15, 0.2) is 55.1 Å². The predicted molar refractivity (Wildman–Crippen MR) is 122 cm³/mol. The Labute approximate surface area is 177 Å². The van der Waals surface area contributed by atoms with Gasteiger partial charge in [0.2, 0.25) is 0 Å². The van der Waals surface area contributed by atoms with Crippen molar-refractivity contribution in [3.8, 4) is 23.0 Å². The fourth-order valence-electron chi connectivity index (χ4n) is 3.07. The second kappa shape index (κ2) is 10.9. The standard InChI is InChI=1S/C25H29NO4/c1-4-6-9-21(26)11-10-20-13-17(3)25(16-22(20)27)30-12-7-8-19-15-24(29)23(28)14-18(19)5-2/h4,6,9-11,13-16,26-29H,1,5,7-8,12H2,2-3H3/b9-6-,11-10+,26-21?. The Balaban J connectivity index is 1.98. The first-order valence-electron chi connectivity index (χ1n) is 9.91. The fraction of sp³-hybridized carbons (Fsp3) is 0.240. The second-order valence-corrected chi connectivity index (χ2v) is 6.98. The van der Waals surface area contributed by atoms with E-state index in [1.807, 2.05) is 19.9 Å². The second-order valence-electron chi connectivity index (χ2n) is 6.98. The summed E-state index contributed by atoms with van der Waals surface area (Å²) in [6, 6.07) is 6.61. The Morgan fingerprint density at radius 1 is 1.03 bits per heavy atom. The van der Waals surface area contributed by atoms with E-state index in [9.17, 15) is 15.3 Å². The van der Waals surface area contributed by atoms with Crippen molar-refractivity contribution < 1.29 is 20.1 Å². The number of benzene rings is 2.